The standard InChI is InChI=1S/C13H27.CH4S.Sn/c1-4-7-10-13(11-8-5-2)12-9-6-3;1-2;/h4-12H2,1-3H3;2H,1H3;/q;;+1/p-1. The molecule has 0 atom stereocenters. The average Bonchev–Trinajstić information content (AvgIpc) is 2.31. The summed E-state index contributed by atoms with van der Waals surface area (Å²) in [7, 11) is 2.23. The van der Waals surface area contributed by atoms with E-state index in [9.17, 15) is 0 Å². The van der Waals surface area contributed by atoms with Gasteiger partial charge in [0.05, 0.1) is 0 Å². The summed E-state index contributed by atoms with van der Waals surface area (Å²) in [5.74, 6) is 0. The van der Waals surface area contributed by atoms with Crippen LogP contribution in [-0.4, -0.2) is 26.0 Å². The predicted octanol–water partition coefficient (Wildman–Crippen LogP) is 5.70. The van der Waals surface area contributed by atoms with Crippen LogP contribution >= 0.6 is 8.95 Å². The van der Waals surface area contributed by atoms with Crippen molar-refractivity contribution in [2.75, 3.05) is 6.26 Å². The number of rotatable bonds is 11. The Morgan fingerprint density at radius 2 is 1.19 bits per heavy atom. The van der Waals surface area contributed by atoms with Crippen molar-refractivity contribution in [2.24, 2.45) is 0 Å². The zero-order valence-electron chi connectivity index (χ0n) is 11.8. The third-order valence-corrected chi connectivity index (χ3v) is 11.6. The van der Waals surface area contributed by atoms with E-state index in [0.29, 0.717) is 0 Å². The normalized spacial score (nSPS) is 12.0. The summed E-state index contributed by atoms with van der Waals surface area (Å²) in [6, 6.07) is 0. The molecule has 0 aliphatic carbocycles. The van der Waals surface area contributed by atoms with Gasteiger partial charge in [0.1, 0.15) is 0 Å². The van der Waals surface area contributed by atoms with E-state index in [-0.39, 0.29) is 19.8 Å². The van der Waals surface area contributed by atoms with Crippen molar-refractivity contribution in [2.45, 2.75) is 82.0 Å². The second-order valence-corrected chi connectivity index (χ2v) is 13.8. The molecule has 0 heterocycles. The molecule has 0 aliphatic rings. The summed E-state index contributed by atoms with van der Waals surface area (Å²) < 4.78 is 0.838. The van der Waals surface area contributed by atoms with Crippen molar-refractivity contribution >= 4 is 28.7 Å². The fourth-order valence-corrected chi connectivity index (χ4v) is 10.9. The zero-order valence-corrected chi connectivity index (χ0v) is 15.4. The molecule has 0 amide bonds. The van der Waals surface area contributed by atoms with Gasteiger partial charge in [-0.25, -0.2) is 0 Å². The zero-order chi connectivity index (χ0) is 12.3. The molecule has 16 heavy (non-hydrogen) atoms. The topological polar surface area (TPSA) is 0 Å². The molecule has 2 heteroatoms. The molecule has 0 aromatic rings. The first kappa shape index (κ1) is 17.1. The monoisotopic (exact) mass is 350 g/mol. The van der Waals surface area contributed by atoms with Crippen LogP contribution in [0.15, 0.2) is 0 Å². The molecule has 0 rings (SSSR count). The number of hydrogen-bond acceptors (Lipinski definition) is 1. The van der Waals surface area contributed by atoms with Gasteiger partial charge in [-0.3, -0.25) is 0 Å². The fraction of sp³-hybridized carbons (Fsp3) is 1.00. The Labute approximate surface area is 116 Å². The predicted molar refractivity (Wildman–Crippen MR) is 80.5 cm³/mol. The molecule has 0 nitrogen and oxygen atoms in total. The number of hydrogen-bond donors (Lipinski definition) is 0. The quantitative estimate of drug-likeness (QED) is 0.431. The van der Waals surface area contributed by atoms with E-state index in [1.807, 2.05) is 0 Å². The molecule has 0 aromatic carbocycles. The van der Waals surface area contributed by atoms with Crippen LogP contribution in [0.25, 0.3) is 0 Å². The average molecular weight is 349 g/mol. The first-order valence-corrected chi connectivity index (χ1v) is 13.2. The number of unbranched alkanes of at least 4 members (excludes halogenated alkanes) is 3. The Kier molecular flexibility index (Phi) is 12.1. The fourth-order valence-electron chi connectivity index (χ4n) is 2.29. The summed E-state index contributed by atoms with van der Waals surface area (Å²) in [4.78, 5) is 0. The van der Waals surface area contributed by atoms with Gasteiger partial charge in [-0.1, -0.05) is 0 Å². The first-order chi connectivity index (χ1) is 7.74. The van der Waals surface area contributed by atoms with Gasteiger partial charge < -0.3 is 0 Å². The molecule has 0 saturated carbocycles. The Morgan fingerprint density at radius 1 is 0.812 bits per heavy atom. The molecule has 0 saturated heterocycles. The Bertz CT molecular complexity index is 126. The maximum absolute atomic E-state index is 2.35. The van der Waals surface area contributed by atoms with Crippen molar-refractivity contribution in [1.29, 1.82) is 0 Å². The second kappa shape index (κ2) is 11.3. The Balaban J connectivity index is 4.32. The van der Waals surface area contributed by atoms with E-state index < -0.39 is 0 Å². The van der Waals surface area contributed by atoms with Gasteiger partial charge in [0.15, 0.2) is 0 Å². The molecule has 0 bridgehead atoms. The molecule has 96 valence electrons. The van der Waals surface area contributed by atoms with Crippen LogP contribution in [0, 0.1) is 0 Å². The van der Waals surface area contributed by atoms with Gasteiger partial charge in [-0.05, 0) is 0 Å². The van der Waals surface area contributed by atoms with Crippen LogP contribution in [0.4, 0.5) is 0 Å². The van der Waals surface area contributed by atoms with Crippen LogP contribution in [0.5, 0.6) is 0 Å². The van der Waals surface area contributed by atoms with E-state index in [1.165, 1.54) is 57.8 Å². The van der Waals surface area contributed by atoms with Crippen molar-refractivity contribution < 1.29 is 0 Å². The molecule has 0 unspecified atom stereocenters. The Hall–Kier alpha value is 1.15. The van der Waals surface area contributed by atoms with Crippen molar-refractivity contribution in [3.63, 3.8) is 0 Å². The van der Waals surface area contributed by atoms with Gasteiger partial charge >= 0.3 is 117 Å². The van der Waals surface area contributed by atoms with E-state index >= 15 is 0 Å². The van der Waals surface area contributed by atoms with Crippen molar-refractivity contribution in [3.8, 4) is 0 Å². The molecule has 0 fully saturated rings. The van der Waals surface area contributed by atoms with E-state index in [4.69, 9.17) is 0 Å². The third-order valence-electron chi connectivity index (χ3n) is 3.35. The molecular formula is C14H30SSn. The Morgan fingerprint density at radius 3 is 1.44 bits per heavy atom. The molecule has 0 aromatic heterocycles. The molecule has 0 spiro atoms. The SMILES string of the molecule is CCCC[C](CCCC)(CCCC)[Sn][S]C. The summed E-state index contributed by atoms with van der Waals surface area (Å²) in [5.41, 5.74) is 0. The summed E-state index contributed by atoms with van der Waals surface area (Å²) in [6.07, 6.45) is 15.5. The van der Waals surface area contributed by atoms with Crippen molar-refractivity contribution in [3.05, 3.63) is 0 Å². The van der Waals surface area contributed by atoms with E-state index in [2.05, 4.69) is 36.0 Å². The van der Waals surface area contributed by atoms with E-state index in [0.717, 1.165) is 3.43 Å². The molecule has 2 radical (unpaired) electrons. The maximum atomic E-state index is 2.35. The summed E-state index contributed by atoms with van der Waals surface area (Å²) in [6.45, 7) is 7.03. The van der Waals surface area contributed by atoms with Crippen LogP contribution < -0.4 is 0 Å². The molecule has 0 aliphatic heterocycles. The second-order valence-electron chi connectivity index (χ2n) is 4.90. The van der Waals surface area contributed by atoms with Gasteiger partial charge in [0.2, 0.25) is 0 Å². The first-order valence-electron chi connectivity index (χ1n) is 7.04. The van der Waals surface area contributed by atoms with E-state index in [1.54, 1.807) is 0 Å². The van der Waals surface area contributed by atoms with Crippen molar-refractivity contribution in [1.82, 2.24) is 0 Å². The van der Waals surface area contributed by atoms with Gasteiger partial charge in [0, 0.05) is 0 Å². The van der Waals surface area contributed by atoms with Gasteiger partial charge in [-0.15, -0.1) is 0 Å². The van der Waals surface area contributed by atoms with Crippen LogP contribution in [0.1, 0.15) is 78.6 Å². The van der Waals surface area contributed by atoms with Crippen LogP contribution in [0.3, 0.4) is 0 Å². The van der Waals surface area contributed by atoms with Gasteiger partial charge in [0.25, 0.3) is 0 Å². The third kappa shape index (κ3) is 7.47. The molecular weight excluding hydrogens is 319 g/mol. The van der Waals surface area contributed by atoms with Crippen LogP contribution in [-0.2, 0) is 0 Å². The van der Waals surface area contributed by atoms with Gasteiger partial charge in [-0.2, -0.15) is 0 Å². The minimum atomic E-state index is -0.206. The molecule has 0 N–H and O–H groups in total. The van der Waals surface area contributed by atoms with Crippen LogP contribution in [0.2, 0.25) is 3.43 Å². The summed E-state index contributed by atoms with van der Waals surface area (Å²) in [5, 5.41) is 0. The summed E-state index contributed by atoms with van der Waals surface area (Å²) >= 11 is -0.206. The minimum absolute atomic E-state index is 0.206.